The van der Waals surface area contributed by atoms with Crippen LogP contribution < -0.4 is 23.7 Å². The maximum atomic E-state index is 13.1. The van der Waals surface area contributed by atoms with Crippen LogP contribution in [0.1, 0.15) is 139 Å². The second-order valence-electron chi connectivity index (χ2n) is 23.4. The number of hydrogen-bond acceptors (Lipinski definition) is 10. The molecule has 0 N–H and O–H groups in total. The molecule has 0 atom stereocenters. The minimum atomic E-state index is -1.03. The van der Waals surface area contributed by atoms with Gasteiger partial charge in [0, 0.05) is 5.41 Å². The zero-order valence-electron chi connectivity index (χ0n) is 44.1. The van der Waals surface area contributed by atoms with E-state index in [4.69, 9.17) is 23.7 Å². The van der Waals surface area contributed by atoms with E-state index in [1.165, 1.54) is 0 Å². The fraction of sp³-hybridized carbons (Fsp3) is 0.361. The highest BCUT2D eigenvalue weighted by Crippen LogP contribution is 2.62. The van der Waals surface area contributed by atoms with Crippen LogP contribution in [0, 0.1) is 27.1 Å². The summed E-state index contributed by atoms with van der Waals surface area (Å²) in [7, 11) is 0. The molecule has 71 heavy (non-hydrogen) atoms. The Labute approximate surface area is 419 Å². The summed E-state index contributed by atoms with van der Waals surface area (Å²) in [6.45, 7) is 29.1. The van der Waals surface area contributed by atoms with Gasteiger partial charge in [-0.2, -0.15) is 0 Å². The second-order valence-corrected chi connectivity index (χ2v) is 23.4. The van der Waals surface area contributed by atoms with E-state index in [0.29, 0.717) is 28.7 Å². The number of allylic oxidation sites excluding steroid dienone is 4. The molecule has 0 spiro atoms. The third-order valence-electron chi connectivity index (χ3n) is 11.9. The first kappa shape index (κ1) is 53.3. The average Bonchev–Trinajstić information content (AvgIpc) is 3.55. The average molecular weight is 961 g/mol. The van der Waals surface area contributed by atoms with Crippen molar-refractivity contribution in [1.29, 1.82) is 0 Å². The Bertz CT molecular complexity index is 2720. The Morgan fingerprint density at radius 2 is 0.479 bits per heavy atom. The van der Waals surface area contributed by atoms with Gasteiger partial charge < -0.3 is 23.7 Å². The van der Waals surface area contributed by atoms with Crippen molar-refractivity contribution >= 4 is 52.1 Å². The van der Waals surface area contributed by atoms with Crippen LogP contribution in [-0.2, 0) is 29.4 Å². The van der Waals surface area contributed by atoms with Gasteiger partial charge in [0.1, 0.15) is 28.7 Å². The quantitative estimate of drug-likeness (QED) is 0.0984. The van der Waals surface area contributed by atoms with Gasteiger partial charge in [0.2, 0.25) is 0 Å². The Hall–Kier alpha value is -7.07. The number of esters is 5. The number of benzene rings is 5. The second kappa shape index (κ2) is 19.6. The smallest absolute Gasteiger partial charge is 0.316 e. The van der Waals surface area contributed by atoms with E-state index in [1.807, 2.05) is 60.7 Å². The molecule has 5 aromatic rings. The molecule has 5 aromatic carbocycles. The molecule has 1 aliphatic rings. The van der Waals surface area contributed by atoms with Gasteiger partial charge in [-0.1, -0.05) is 60.7 Å². The molecule has 0 heterocycles. The first-order valence-electron chi connectivity index (χ1n) is 23.9. The standard InChI is InChI=1S/C61H68O10/c1-56(2,3)51(62)67-42-27-17-37(18-28-42)47-48(38-19-29-43(30-20-38)68-52(63)57(4,5)6)50(40-23-33-45(34-24-40)70-54(65)59(10,11)12)61(16,41-25-35-46(36-26-41)71-55(66)60(13,14)15)49(47)39-21-31-44(32-22-39)69-53(64)58(7,8)9/h17-36H,1-16H3. The van der Waals surface area contributed by atoms with Crippen molar-refractivity contribution in [2.45, 2.75) is 116 Å². The molecule has 0 fully saturated rings. The third-order valence-corrected chi connectivity index (χ3v) is 11.9. The summed E-state index contributed by atoms with van der Waals surface area (Å²) in [5.74, 6) is -0.0256. The molecule has 10 nitrogen and oxygen atoms in total. The lowest BCUT2D eigenvalue weighted by Crippen LogP contribution is -2.26. The minimum absolute atomic E-state index is 0.373. The summed E-state index contributed by atoms with van der Waals surface area (Å²) >= 11 is 0. The van der Waals surface area contributed by atoms with Crippen LogP contribution in [0.4, 0.5) is 0 Å². The summed E-state index contributed by atoms with van der Waals surface area (Å²) in [5.41, 5.74) is 2.62. The Morgan fingerprint density at radius 1 is 0.296 bits per heavy atom. The molecular weight excluding hydrogens is 893 g/mol. The Kier molecular flexibility index (Phi) is 14.7. The maximum Gasteiger partial charge on any atom is 0.316 e. The van der Waals surface area contributed by atoms with Gasteiger partial charge >= 0.3 is 29.8 Å². The third kappa shape index (κ3) is 12.1. The fourth-order valence-corrected chi connectivity index (χ4v) is 7.52. The zero-order valence-corrected chi connectivity index (χ0v) is 44.1. The van der Waals surface area contributed by atoms with Gasteiger partial charge in [0.25, 0.3) is 0 Å². The highest BCUT2D eigenvalue weighted by Gasteiger charge is 2.47. The SMILES string of the molecule is CC(C)(C)C(=O)Oc1ccc(C2=C(c3ccc(OC(=O)C(C)(C)C)cc3)C(C)(c3ccc(OC(=O)C(C)(C)C)cc3)C(c3ccc(OC(=O)C(C)(C)C)cc3)=C2c2ccc(OC(=O)C(C)(C)C)cc2)cc1. The molecule has 372 valence electrons. The van der Waals surface area contributed by atoms with E-state index in [1.54, 1.807) is 165 Å². The van der Waals surface area contributed by atoms with Crippen molar-refractivity contribution in [2.24, 2.45) is 27.1 Å². The van der Waals surface area contributed by atoms with Crippen LogP contribution in [0.2, 0.25) is 0 Å². The van der Waals surface area contributed by atoms with Crippen molar-refractivity contribution in [3.8, 4) is 28.7 Å². The van der Waals surface area contributed by atoms with Crippen molar-refractivity contribution in [3.05, 3.63) is 149 Å². The van der Waals surface area contributed by atoms with Crippen molar-refractivity contribution < 1.29 is 47.7 Å². The first-order valence-corrected chi connectivity index (χ1v) is 23.9. The summed E-state index contributed by atoms with van der Waals surface area (Å²) in [6, 6.07) is 37.1. The van der Waals surface area contributed by atoms with Gasteiger partial charge in [-0.15, -0.1) is 0 Å². The molecule has 10 heteroatoms. The van der Waals surface area contributed by atoms with E-state index < -0.39 is 32.5 Å². The molecule has 0 saturated heterocycles. The molecule has 0 unspecified atom stereocenters. The van der Waals surface area contributed by atoms with Crippen LogP contribution in [0.5, 0.6) is 28.7 Å². The molecule has 0 aromatic heterocycles. The molecule has 1 aliphatic carbocycles. The van der Waals surface area contributed by atoms with E-state index in [9.17, 15) is 24.0 Å². The van der Waals surface area contributed by atoms with Crippen molar-refractivity contribution in [1.82, 2.24) is 0 Å². The number of rotatable bonds is 10. The topological polar surface area (TPSA) is 132 Å². The van der Waals surface area contributed by atoms with Crippen LogP contribution in [0.15, 0.2) is 121 Å². The molecule has 0 bridgehead atoms. The van der Waals surface area contributed by atoms with Gasteiger partial charge in [-0.05, 0) is 222 Å². The van der Waals surface area contributed by atoms with E-state index in [2.05, 4.69) is 6.92 Å². The van der Waals surface area contributed by atoms with Crippen LogP contribution >= 0.6 is 0 Å². The highest BCUT2D eigenvalue weighted by atomic mass is 16.6. The lowest BCUT2D eigenvalue weighted by Gasteiger charge is -2.34. The van der Waals surface area contributed by atoms with Crippen LogP contribution in [-0.4, -0.2) is 29.8 Å². The van der Waals surface area contributed by atoms with Crippen LogP contribution in [0.25, 0.3) is 22.3 Å². The van der Waals surface area contributed by atoms with Crippen molar-refractivity contribution in [2.75, 3.05) is 0 Å². The van der Waals surface area contributed by atoms with Gasteiger partial charge in [-0.3, -0.25) is 24.0 Å². The van der Waals surface area contributed by atoms with Gasteiger partial charge in [-0.25, -0.2) is 0 Å². The minimum Gasteiger partial charge on any atom is -0.426 e. The summed E-state index contributed by atoms with van der Waals surface area (Å²) in [6.07, 6.45) is 0. The summed E-state index contributed by atoms with van der Waals surface area (Å²) in [5, 5.41) is 0. The number of carbonyl (C=O) groups excluding carboxylic acids is 5. The normalized spacial score (nSPS) is 14.2. The lowest BCUT2D eigenvalue weighted by atomic mass is 9.68. The molecule has 0 aliphatic heterocycles. The van der Waals surface area contributed by atoms with E-state index in [-0.39, 0.29) is 29.8 Å². The van der Waals surface area contributed by atoms with Gasteiger partial charge in [0.15, 0.2) is 0 Å². The predicted molar refractivity (Wildman–Crippen MR) is 279 cm³/mol. The number of hydrogen-bond donors (Lipinski definition) is 0. The Morgan fingerprint density at radius 3 is 0.676 bits per heavy atom. The van der Waals surface area contributed by atoms with Crippen molar-refractivity contribution in [3.63, 3.8) is 0 Å². The monoisotopic (exact) mass is 960 g/mol. The van der Waals surface area contributed by atoms with Gasteiger partial charge in [0.05, 0.1) is 27.1 Å². The largest absolute Gasteiger partial charge is 0.426 e. The zero-order chi connectivity index (χ0) is 52.6. The fourth-order valence-electron chi connectivity index (χ4n) is 7.52. The highest BCUT2D eigenvalue weighted by molar-refractivity contribution is 6.31. The summed E-state index contributed by atoms with van der Waals surface area (Å²) < 4.78 is 29.3. The molecular formula is C61H68O10. The van der Waals surface area contributed by atoms with Crippen LogP contribution in [0.3, 0.4) is 0 Å². The number of carbonyl (C=O) groups is 5. The summed E-state index contributed by atoms with van der Waals surface area (Å²) in [4.78, 5) is 65.5. The number of ether oxygens (including phenoxy) is 5. The molecule has 0 saturated carbocycles. The molecule has 0 amide bonds. The van der Waals surface area contributed by atoms with E-state index in [0.717, 1.165) is 50.1 Å². The lowest BCUT2D eigenvalue weighted by molar-refractivity contribution is -0.143. The van der Waals surface area contributed by atoms with E-state index >= 15 is 0 Å². The Balaban J connectivity index is 1.71. The molecule has 6 rings (SSSR count). The predicted octanol–water partition coefficient (Wildman–Crippen LogP) is 13.9. The first-order chi connectivity index (χ1) is 32.8. The maximum absolute atomic E-state index is 13.1. The molecule has 0 radical (unpaired) electrons.